The number of hydrogen-bond acceptors (Lipinski definition) is 5. The summed E-state index contributed by atoms with van der Waals surface area (Å²) in [6.07, 6.45) is 7.32. The smallest absolute Gasteiger partial charge is 0.303 e. The van der Waals surface area contributed by atoms with Gasteiger partial charge in [0.25, 0.3) is 0 Å². The minimum atomic E-state index is -0.798. The summed E-state index contributed by atoms with van der Waals surface area (Å²) in [5, 5.41) is 15.6. The first kappa shape index (κ1) is 12.0. The second kappa shape index (κ2) is 5.76. The van der Waals surface area contributed by atoms with Crippen LogP contribution in [-0.2, 0) is 4.79 Å². The molecule has 0 radical (unpaired) electrons. The van der Waals surface area contributed by atoms with Gasteiger partial charge in [0.05, 0.1) is 12.4 Å². The molecule has 7 heteroatoms. The van der Waals surface area contributed by atoms with Crippen molar-refractivity contribution in [2.24, 2.45) is 0 Å². The van der Waals surface area contributed by atoms with Gasteiger partial charge in [0.2, 0.25) is 0 Å². The number of carboxylic acids is 1. The van der Waals surface area contributed by atoms with Gasteiger partial charge in [0.1, 0.15) is 5.82 Å². The van der Waals surface area contributed by atoms with Crippen molar-refractivity contribution in [2.45, 2.75) is 12.8 Å². The van der Waals surface area contributed by atoms with Crippen molar-refractivity contribution >= 4 is 11.8 Å². The predicted octanol–water partition coefficient (Wildman–Crippen LogP) is 0.939. The monoisotopic (exact) mass is 247 g/mol. The van der Waals surface area contributed by atoms with Crippen molar-refractivity contribution in [1.82, 2.24) is 19.7 Å². The predicted molar refractivity (Wildman–Crippen MR) is 64.5 cm³/mol. The van der Waals surface area contributed by atoms with Gasteiger partial charge in [-0.1, -0.05) is 0 Å². The highest BCUT2D eigenvalue weighted by molar-refractivity contribution is 5.66. The second-order valence-electron chi connectivity index (χ2n) is 3.64. The van der Waals surface area contributed by atoms with Crippen LogP contribution >= 0.6 is 0 Å². The molecule has 0 aliphatic rings. The number of nitrogens with zero attached hydrogens (tertiary/aromatic N) is 4. The lowest BCUT2D eigenvalue weighted by Gasteiger charge is -2.05. The molecular weight excluding hydrogens is 234 g/mol. The number of anilines is 1. The van der Waals surface area contributed by atoms with E-state index in [0.717, 1.165) is 0 Å². The number of nitrogens with one attached hydrogen (secondary N) is 1. The molecule has 0 fully saturated rings. The second-order valence-corrected chi connectivity index (χ2v) is 3.64. The average Bonchev–Trinajstić information content (AvgIpc) is 2.89. The van der Waals surface area contributed by atoms with Crippen LogP contribution in [0.15, 0.2) is 30.9 Å². The average molecular weight is 247 g/mol. The Bertz CT molecular complexity index is 512. The van der Waals surface area contributed by atoms with E-state index in [1.54, 1.807) is 35.5 Å². The van der Waals surface area contributed by atoms with Crippen molar-refractivity contribution in [2.75, 3.05) is 11.9 Å². The molecule has 18 heavy (non-hydrogen) atoms. The normalized spacial score (nSPS) is 10.2. The molecule has 2 aromatic heterocycles. The molecule has 0 atom stereocenters. The molecule has 94 valence electrons. The summed E-state index contributed by atoms with van der Waals surface area (Å²) in [5.41, 5.74) is 0. The number of aliphatic carboxylic acids is 1. The third kappa shape index (κ3) is 3.27. The van der Waals surface area contributed by atoms with Crippen LogP contribution in [0.4, 0.5) is 5.82 Å². The van der Waals surface area contributed by atoms with Gasteiger partial charge in [0.15, 0.2) is 5.82 Å². The molecule has 0 amide bonds. The molecule has 0 aliphatic carbocycles. The number of hydrogen-bond donors (Lipinski definition) is 2. The molecule has 2 N–H and O–H groups in total. The summed E-state index contributed by atoms with van der Waals surface area (Å²) in [4.78, 5) is 18.7. The third-order valence-corrected chi connectivity index (χ3v) is 2.23. The first-order chi connectivity index (χ1) is 8.75. The van der Waals surface area contributed by atoms with Crippen LogP contribution in [0.1, 0.15) is 12.8 Å². The number of aromatic nitrogens is 4. The van der Waals surface area contributed by atoms with Gasteiger partial charge in [-0.2, -0.15) is 5.10 Å². The molecular formula is C11H13N5O2. The lowest BCUT2D eigenvalue weighted by molar-refractivity contribution is -0.137. The number of carboxylic acid groups (broad SMARTS) is 1. The minimum Gasteiger partial charge on any atom is -0.481 e. The Kier molecular flexibility index (Phi) is 3.85. The Hall–Kier alpha value is -2.44. The lowest BCUT2D eigenvalue weighted by Crippen LogP contribution is -2.08. The van der Waals surface area contributed by atoms with Crippen molar-refractivity contribution in [3.05, 3.63) is 30.9 Å². The zero-order valence-electron chi connectivity index (χ0n) is 9.65. The maximum atomic E-state index is 10.4. The molecule has 2 rings (SSSR count). The molecule has 2 heterocycles. The Morgan fingerprint density at radius 2 is 2.33 bits per heavy atom. The van der Waals surface area contributed by atoms with E-state index in [2.05, 4.69) is 20.4 Å². The quantitative estimate of drug-likeness (QED) is 0.738. The SMILES string of the molecule is O=C(O)CCCNc1cncc(-n2cccn2)n1. The van der Waals surface area contributed by atoms with Gasteiger partial charge in [-0.25, -0.2) is 9.67 Å². The Morgan fingerprint density at radius 1 is 1.44 bits per heavy atom. The van der Waals surface area contributed by atoms with E-state index in [0.29, 0.717) is 24.6 Å². The largest absolute Gasteiger partial charge is 0.481 e. The summed E-state index contributed by atoms with van der Waals surface area (Å²) < 4.78 is 1.61. The zero-order valence-corrected chi connectivity index (χ0v) is 9.65. The summed E-state index contributed by atoms with van der Waals surface area (Å²) in [5.74, 6) is 0.421. The standard InChI is InChI=1S/C11H13N5O2/c17-11(18)3-1-4-13-9-7-12-8-10(15-9)16-6-2-5-14-16/h2,5-8H,1,3-4H2,(H,13,15)(H,17,18). The van der Waals surface area contributed by atoms with Gasteiger partial charge in [-0.05, 0) is 12.5 Å². The maximum Gasteiger partial charge on any atom is 0.303 e. The van der Waals surface area contributed by atoms with Crippen LogP contribution in [0.2, 0.25) is 0 Å². The fourth-order valence-corrected chi connectivity index (χ4v) is 1.41. The summed E-state index contributed by atoms with van der Waals surface area (Å²) in [6.45, 7) is 0.545. The zero-order chi connectivity index (χ0) is 12.8. The van der Waals surface area contributed by atoms with Crippen LogP contribution in [0.3, 0.4) is 0 Å². The van der Waals surface area contributed by atoms with Gasteiger partial charge < -0.3 is 10.4 Å². The van der Waals surface area contributed by atoms with E-state index < -0.39 is 5.97 Å². The van der Waals surface area contributed by atoms with Gasteiger partial charge in [0, 0.05) is 25.4 Å². The van der Waals surface area contributed by atoms with Crippen LogP contribution in [0, 0.1) is 0 Å². The van der Waals surface area contributed by atoms with Crippen LogP contribution in [0.5, 0.6) is 0 Å². The fraction of sp³-hybridized carbons (Fsp3) is 0.273. The molecule has 0 unspecified atom stereocenters. The van der Waals surface area contributed by atoms with E-state index in [4.69, 9.17) is 5.11 Å². The van der Waals surface area contributed by atoms with Crippen LogP contribution in [-0.4, -0.2) is 37.4 Å². The van der Waals surface area contributed by atoms with E-state index in [1.165, 1.54) is 0 Å². The lowest BCUT2D eigenvalue weighted by atomic mass is 10.3. The first-order valence-electron chi connectivity index (χ1n) is 5.53. The molecule has 0 bridgehead atoms. The van der Waals surface area contributed by atoms with E-state index in [-0.39, 0.29) is 6.42 Å². The van der Waals surface area contributed by atoms with Crippen molar-refractivity contribution < 1.29 is 9.90 Å². The molecule has 0 spiro atoms. The Balaban J connectivity index is 1.94. The highest BCUT2D eigenvalue weighted by Crippen LogP contribution is 2.06. The molecule has 0 saturated heterocycles. The van der Waals surface area contributed by atoms with Crippen molar-refractivity contribution in [3.8, 4) is 5.82 Å². The summed E-state index contributed by atoms with van der Waals surface area (Å²) >= 11 is 0. The topological polar surface area (TPSA) is 92.9 Å². The molecule has 0 aromatic carbocycles. The first-order valence-corrected chi connectivity index (χ1v) is 5.53. The van der Waals surface area contributed by atoms with Crippen LogP contribution in [0.25, 0.3) is 5.82 Å². The van der Waals surface area contributed by atoms with Crippen LogP contribution < -0.4 is 5.32 Å². The van der Waals surface area contributed by atoms with Gasteiger partial charge in [-0.3, -0.25) is 9.78 Å². The Morgan fingerprint density at radius 3 is 3.06 bits per heavy atom. The molecule has 7 nitrogen and oxygen atoms in total. The highest BCUT2D eigenvalue weighted by Gasteiger charge is 2.01. The fourth-order valence-electron chi connectivity index (χ4n) is 1.41. The Labute approximate surface area is 104 Å². The van der Waals surface area contributed by atoms with Crippen molar-refractivity contribution in [1.29, 1.82) is 0 Å². The van der Waals surface area contributed by atoms with Crippen molar-refractivity contribution in [3.63, 3.8) is 0 Å². The minimum absolute atomic E-state index is 0.138. The molecule has 2 aromatic rings. The number of carbonyl (C=O) groups is 1. The molecule has 0 aliphatic heterocycles. The van der Waals surface area contributed by atoms with Gasteiger partial charge in [-0.15, -0.1) is 0 Å². The van der Waals surface area contributed by atoms with E-state index in [1.807, 2.05) is 0 Å². The summed E-state index contributed by atoms with van der Waals surface area (Å²) in [7, 11) is 0. The summed E-state index contributed by atoms with van der Waals surface area (Å²) in [6, 6.07) is 1.80. The third-order valence-electron chi connectivity index (χ3n) is 2.23. The number of rotatable bonds is 6. The van der Waals surface area contributed by atoms with E-state index in [9.17, 15) is 4.79 Å². The maximum absolute atomic E-state index is 10.4. The highest BCUT2D eigenvalue weighted by atomic mass is 16.4. The van der Waals surface area contributed by atoms with E-state index >= 15 is 0 Å². The molecule has 0 saturated carbocycles. The van der Waals surface area contributed by atoms with Gasteiger partial charge >= 0.3 is 5.97 Å².